The minimum Gasteiger partial charge on any atom is -0.385 e. The molecule has 0 atom stereocenters. The van der Waals surface area contributed by atoms with Gasteiger partial charge in [0, 0.05) is 20.3 Å². The van der Waals surface area contributed by atoms with Crippen LogP contribution in [0.3, 0.4) is 0 Å². The first-order valence-corrected chi connectivity index (χ1v) is 5.48. The molecule has 0 unspecified atom stereocenters. The molecule has 0 aliphatic carbocycles. The maximum atomic E-state index is 11.7. The zero-order valence-corrected chi connectivity index (χ0v) is 9.90. The number of aromatic nitrogens is 1. The number of nitrogens with two attached hydrogens (primary N) is 1. The van der Waals surface area contributed by atoms with Crippen LogP contribution in [0, 0.1) is 0 Å². The van der Waals surface area contributed by atoms with Crippen molar-refractivity contribution in [2.24, 2.45) is 5.84 Å². The lowest BCUT2D eigenvalue weighted by Gasteiger charge is -2.05. The fourth-order valence-corrected chi connectivity index (χ4v) is 1.31. The topological polar surface area (TPSA) is 89.3 Å². The van der Waals surface area contributed by atoms with Crippen molar-refractivity contribution < 1.29 is 9.53 Å². The van der Waals surface area contributed by atoms with Crippen LogP contribution in [-0.4, -0.2) is 31.2 Å². The van der Waals surface area contributed by atoms with Gasteiger partial charge in [-0.1, -0.05) is 6.07 Å². The first-order chi connectivity index (χ1) is 8.27. The van der Waals surface area contributed by atoms with Crippen molar-refractivity contribution in [2.75, 3.05) is 25.7 Å². The van der Waals surface area contributed by atoms with Crippen LogP contribution in [0.1, 0.15) is 23.3 Å². The predicted octanol–water partition coefficient (Wildman–Crippen LogP) is 0.524. The normalized spacial score (nSPS) is 10.0. The standard InChI is InChI=1S/C11H18N4O2/c1-17-8-3-2-7-13-11(16)9-5-4-6-10(14-9)15-12/h4-6H,2-3,7-8,12H2,1H3,(H,13,16)(H,14,15). The second kappa shape index (κ2) is 7.59. The van der Waals surface area contributed by atoms with Gasteiger partial charge in [-0.25, -0.2) is 10.8 Å². The largest absolute Gasteiger partial charge is 0.385 e. The summed E-state index contributed by atoms with van der Waals surface area (Å²) >= 11 is 0. The van der Waals surface area contributed by atoms with E-state index in [9.17, 15) is 4.79 Å². The monoisotopic (exact) mass is 238 g/mol. The van der Waals surface area contributed by atoms with E-state index in [0.29, 0.717) is 24.7 Å². The molecular formula is C11H18N4O2. The van der Waals surface area contributed by atoms with Crippen molar-refractivity contribution in [3.63, 3.8) is 0 Å². The number of nitrogens with zero attached hydrogens (tertiary/aromatic N) is 1. The molecule has 1 aromatic heterocycles. The van der Waals surface area contributed by atoms with E-state index in [4.69, 9.17) is 10.6 Å². The molecule has 94 valence electrons. The van der Waals surface area contributed by atoms with Crippen molar-refractivity contribution in [1.29, 1.82) is 0 Å². The predicted molar refractivity (Wildman–Crippen MR) is 65.5 cm³/mol. The van der Waals surface area contributed by atoms with Gasteiger partial charge < -0.3 is 15.5 Å². The van der Waals surface area contributed by atoms with Crippen molar-refractivity contribution >= 4 is 11.7 Å². The van der Waals surface area contributed by atoms with Crippen molar-refractivity contribution in [3.05, 3.63) is 23.9 Å². The summed E-state index contributed by atoms with van der Waals surface area (Å²) in [7, 11) is 1.66. The number of amides is 1. The lowest BCUT2D eigenvalue weighted by Crippen LogP contribution is -2.26. The number of methoxy groups -OCH3 is 1. The van der Waals surface area contributed by atoms with Gasteiger partial charge in [0.15, 0.2) is 0 Å². The highest BCUT2D eigenvalue weighted by Crippen LogP contribution is 2.02. The Morgan fingerprint density at radius 3 is 3.00 bits per heavy atom. The third kappa shape index (κ3) is 4.80. The highest BCUT2D eigenvalue weighted by Gasteiger charge is 2.06. The molecule has 0 bridgehead atoms. The number of nitrogens with one attached hydrogen (secondary N) is 2. The minimum atomic E-state index is -0.195. The number of carbonyl (C=O) groups excluding carboxylic acids is 1. The third-order valence-electron chi connectivity index (χ3n) is 2.19. The Bertz CT molecular complexity index is 357. The maximum absolute atomic E-state index is 11.7. The molecule has 0 fully saturated rings. The van der Waals surface area contributed by atoms with E-state index < -0.39 is 0 Å². The summed E-state index contributed by atoms with van der Waals surface area (Å²) in [5.41, 5.74) is 2.75. The lowest BCUT2D eigenvalue weighted by molar-refractivity contribution is 0.0946. The maximum Gasteiger partial charge on any atom is 0.269 e. The first kappa shape index (κ1) is 13.4. The van der Waals surface area contributed by atoms with Crippen LogP contribution < -0.4 is 16.6 Å². The van der Waals surface area contributed by atoms with Gasteiger partial charge in [0.05, 0.1) is 0 Å². The highest BCUT2D eigenvalue weighted by atomic mass is 16.5. The van der Waals surface area contributed by atoms with Crippen LogP contribution in [0.15, 0.2) is 18.2 Å². The molecule has 0 aliphatic rings. The van der Waals surface area contributed by atoms with Crippen LogP contribution in [-0.2, 0) is 4.74 Å². The Morgan fingerprint density at radius 2 is 2.29 bits per heavy atom. The molecule has 0 saturated heterocycles. The summed E-state index contributed by atoms with van der Waals surface area (Å²) in [6, 6.07) is 5.06. The molecule has 1 heterocycles. The number of rotatable bonds is 7. The molecule has 4 N–H and O–H groups in total. The number of anilines is 1. The number of unbranched alkanes of at least 4 members (excludes halogenated alkanes) is 1. The van der Waals surface area contributed by atoms with E-state index in [1.807, 2.05) is 0 Å². The fraction of sp³-hybridized carbons (Fsp3) is 0.455. The SMILES string of the molecule is COCCCCNC(=O)c1cccc(NN)n1. The summed E-state index contributed by atoms with van der Waals surface area (Å²) in [4.78, 5) is 15.7. The van der Waals surface area contributed by atoms with Crippen molar-refractivity contribution in [1.82, 2.24) is 10.3 Å². The summed E-state index contributed by atoms with van der Waals surface area (Å²) in [5, 5.41) is 2.78. The van der Waals surface area contributed by atoms with Gasteiger partial charge >= 0.3 is 0 Å². The van der Waals surface area contributed by atoms with Crippen LogP contribution >= 0.6 is 0 Å². The molecule has 1 amide bonds. The van der Waals surface area contributed by atoms with Gasteiger partial charge in [-0.2, -0.15) is 0 Å². The van der Waals surface area contributed by atoms with Gasteiger partial charge in [-0.3, -0.25) is 4.79 Å². The van der Waals surface area contributed by atoms with E-state index in [1.54, 1.807) is 25.3 Å². The Balaban J connectivity index is 2.36. The molecule has 6 nitrogen and oxygen atoms in total. The number of pyridine rings is 1. The molecule has 1 aromatic rings. The van der Waals surface area contributed by atoms with Crippen molar-refractivity contribution in [2.45, 2.75) is 12.8 Å². The third-order valence-corrected chi connectivity index (χ3v) is 2.19. The molecular weight excluding hydrogens is 220 g/mol. The Hall–Kier alpha value is -1.66. The van der Waals surface area contributed by atoms with E-state index >= 15 is 0 Å². The Morgan fingerprint density at radius 1 is 1.47 bits per heavy atom. The molecule has 0 radical (unpaired) electrons. The Kier molecular flexibility index (Phi) is 5.98. The number of ether oxygens (including phenoxy) is 1. The van der Waals surface area contributed by atoms with E-state index in [0.717, 1.165) is 12.8 Å². The molecule has 6 heteroatoms. The van der Waals surface area contributed by atoms with Crippen LogP contribution in [0.2, 0.25) is 0 Å². The van der Waals surface area contributed by atoms with E-state index in [-0.39, 0.29) is 5.91 Å². The first-order valence-electron chi connectivity index (χ1n) is 5.48. The quantitative estimate of drug-likeness (QED) is 0.366. The van der Waals surface area contributed by atoms with Gasteiger partial charge in [0.1, 0.15) is 11.5 Å². The zero-order chi connectivity index (χ0) is 12.5. The van der Waals surface area contributed by atoms with Crippen LogP contribution in [0.4, 0.5) is 5.82 Å². The average molecular weight is 238 g/mol. The van der Waals surface area contributed by atoms with Crippen molar-refractivity contribution in [3.8, 4) is 0 Å². The summed E-state index contributed by atoms with van der Waals surface area (Å²) in [6.45, 7) is 1.32. The lowest BCUT2D eigenvalue weighted by atomic mass is 10.3. The summed E-state index contributed by atoms with van der Waals surface area (Å²) < 4.78 is 4.92. The van der Waals surface area contributed by atoms with Gasteiger partial charge in [-0.15, -0.1) is 0 Å². The van der Waals surface area contributed by atoms with Gasteiger partial charge in [-0.05, 0) is 25.0 Å². The Labute approximate surface area is 101 Å². The summed E-state index contributed by atoms with van der Waals surface area (Å²) in [5.74, 6) is 5.49. The summed E-state index contributed by atoms with van der Waals surface area (Å²) in [6.07, 6.45) is 1.81. The van der Waals surface area contributed by atoms with E-state index in [1.165, 1.54) is 0 Å². The smallest absolute Gasteiger partial charge is 0.269 e. The number of nitrogen functional groups attached to an aromatic ring is 1. The van der Waals surface area contributed by atoms with Gasteiger partial charge in [0.2, 0.25) is 0 Å². The van der Waals surface area contributed by atoms with E-state index in [2.05, 4.69) is 15.7 Å². The average Bonchev–Trinajstić information content (AvgIpc) is 2.38. The number of hydrogen-bond acceptors (Lipinski definition) is 5. The minimum absolute atomic E-state index is 0.195. The number of hydrogen-bond donors (Lipinski definition) is 3. The molecule has 0 saturated carbocycles. The van der Waals surface area contributed by atoms with Gasteiger partial charge in [0.25, 0.3) is 5.91 Å². The molecule has 17 heavy (non-hydrogen) atoms. The van der Waals surface area contributed by atoms with Crippen LogP contribution in [0.25, 0.3) is 0 Å². The zero-order valence-electron chi connectivity index (χ0n) is 9.90. The highest BCUT2D eigenvalue weighted by molar-refractivity contribution is 5.92. The number of carbonyl (C=O) groups is 1. The molecule has 0 spiro atoms. The molecule has 0 aromatic carbocycles. The second-order valence-electron chi connectivity index (χ2n) is 3.51. The molecule has 0 aliphatic heterocycles. The fourth-order valence-electron chi connectivity index (χ4n) is 1.31. The molecule has 1 rings (SSSR count). The van der Waals surface area contributed by atoms with Crippen LogP contribution in [0.5, 0.6) is 0 Å². The number of hydrazine groups is 1. The second-order valence-corrected chi connectivity index (χ2v) is 3.51.